The Hall–Kier alpha value is -0.800. The zero-order chi connectivity index (χ0) is 11.1. The second-order valence-corrected chi connectivity index (χ2v) is 5.11. The van der Waals surface area contributed by atoms with Crippen LogP contribution in [-0.4, -0.2) is 16.0 Å². The first-order valence-corrected chi connectivity index (χ1v) is 6.11. The molecule has 1 N–H and O–H groups in total. The summed E-state index contributed by atoms with van der Waals surface area (Å²) >= 11 is 11.8. The summed E-state index contributed by atoms with van der Waals surface area (Å²) in [5.74, 6) is 1.97. The van der Waals surface area contributed by atoms with Crippen LogP contribution in [0.15, 0.2) is 18.3 Å². The third-order valence-electron chi connectivity index (χ3n) is 3.32. The molecule has 0 saturated heterocycles. The van der Waals surface area contributed by atoms with E-state index in [1.165, 1.54) is 12.6 Å². The zero-order valence-corrected chi connectivity index (χ0v) is 10.0. The Labute approximate surface area is 104 Å². The molecule has 1 saturated carbocycles. The Kier molecular flexibility index (Phi) is 2.52. The number of anilines is 1. The van der Waals surface area contributed by atoms with Gasteiger partial charge in [-0.25, -0.2) is 4.98 Å². The van der Waals surface area contributed by atoms with E-state index in [0.717, 1.165) is 12.3 Å². The molecule has 0 radical (unpaired) electrons. The van der Waals surface area contributed by atoms with Gasteiger partial charge < -0.3 is 5.32 Å². The smallest absolute Gasteiger partial charge is 0.224 e. The van der Waals surface area contributed by atoms with Crippen molar-refractivity contribution in [1.82, 2.24) is 9.97 Å². The molecule has 3 rings (SSSR count). The van der Waals surface area contributed by atoms with E-state index < -0.39 is 0 Å². The lowest BCUT2D eigenvalue weighted by Gasteiger charge is -2.20. The molecule has 2 bridgehead atoms. The highest BCUT2D eigenvalue weighted by atomic mass is 35.5. The highest BCUT2D eigenvalue weighted by Gasteiger charge is 2.35. The van der Waals surface area contributed by atoms with Crippen LogP contribution in [0.3, 0.4) is 0 Å². The molecule has 0 amide bonds. The van der Waals surface area contributed by atoms with Crippen LogP contribution in [0.5, 0.6) is 0 Å². The molecule has 3 nitrogen and oxygen atoms in total. The van der Waals surface area contributed by atoms with Gasteiger partial charge in [0.15, 0.2) is 0 Å². The lowest BCUT2D eigenvalue weighted by atomic mass is 10.0. The molecule has 2 aliphatic carbocycles. The number of allylic oxidation sites excluding steroid dienone is 1. The molecule has 84 valence electrons. The van der Waals surface area contributed by atoms with E-state index in [4.69, 9.17) is 23.2 Å². The summed E-state index contributed by atoms with van der Waals surface area (Å²) in [6, 6.07) is 0.429. The van der Waals surface area contributed by atoms with Gasteiger partial charge in [-0.05, 0) is 36.3 Å². The minimum Gasteiger partial charge on any atom is -0.365 e. The molecule has 3 atom stereocenters. The van der Waals surface area contributed by atoms with E-state index in [2.05, 4.69) is 27.4 Å². The average Bonchev–Trinajstić information content (AvgIpc) is 2.85. The van der Waals surface area contributed by atoms with Gasteiger partial charge in [-0.15, -0.1) is 0 Å². The Morgan fingerprint density at radius 1 is 1.25 bits per heavy atom. The van der Waals surface area contributed by atoms with Crippen molar-refractivity contribution in [3.8, 4) is 0 Å². The van der Waals surface area contributed by atoms with Gasteiger partial charge in [-0.3, -0.25) is 0 Å². The summed E-state index contributed by atoms with van der Waals surface area (Å²) in [5, 5.41) is 4.11. The third kappa shape index (κ3) is 1.78. The average molecular weight is 256 g/mol. The molecule has 1 aromatic heterocycles. The van der Waals surface area contributed by atoms with Crippen LogP contribution in [-0.2, 0) is 0 Å². The van der Waals surface area contributed by atoms with Crippen LogP contribution >= 0.6 is 23.2 Å². The normalized spacial score (nSPS) is 31.0. The highest BCUT2D eigenvalue weighted by Crippen LogP contribution is 2.40. The van der Waals surface area contributed by atoms with Crippen molar-refractivity contribution in [3.63, 3.8) is 0 Å². The summed E-state index contributed by atoms with van der Waals surface area (Å²) in [4.78, 5) is 7.94. The number of fused-ring (bicyclic) bond motifs is 2. The molecule has 0 aromatic carbocycles. The summed E-state index contributed by atoms with van der Waals surface area (Å²) in [7, 11) is 0. The Bertz CT molecular complexity index is 447. The van der Waals surface area contributed by atoms with Crippen LogP contribution in [0.25, 0.3) is 0 Å². The molecule has 5 heteroatoms. The highest BCUT2D eigenvalue weighted by molar-refractivity contribution is 6.33. The van der Waals surface area contributed by atoms with Gasteiger partial charge in [0, 0.05) is 6.04 Å². The largest absolute Gasteiger partial charge is 0.365 e. The van der Waals surface area contributed by atoms with Gasteiger partial charge in [0.2, 0.25) is 5.28 Å². The number of nitrogens with zero attached hydrogens (tertiary/aromatic N) is 2. The van der Waals surface area contributed by atoms with Gasteiger partial charge in [0.05, 0.1) is 6.20 Å². The second-order valence-electron chi connectivity index (χ2n) is 4.37. The van der Waals surface area contributed by atoms with Crippen molar-refractivity contribution in [2.45, 2.75) is 18.9 Å². The minimum atomic E-state index is 0.227. The molecule has 3 unspecified atom stereocenters. The number of nitrogens with one attached hydrogen (secondary N) is 1. The Morgan fingerprint density at radius 3 is 2.81 bits per heavy atom. The van der Waals surface area contributed by atoms with Crippen LogP contribution in [0.1, 0.15) is 12.8 Å². The quantitative estimate of drug-likeness (QED) is 0.652. The van der Waals surface area contributed by atoms with Gasteiger partial charge in [0.1, 0.15) is 10.8 Å². The summed E-state index contributed by atoms with van der Waals surface area (Å²) < 4.78 is 0. The maximum absolute atomic E-state index is 6.01. The fourth-order valence-corrected chi connectivity index (χ4v) is 2.85. The number of hydrogen-bond donors (Lipinski definition) is 1. The molecule has 1 aromatic rings. The van der Waals surface area contributed by atoms with E-state index in [9.17, 15) is 0 Å². The minimum absolute atomic E-state index is 0.227. The molecule has 0 aliphatic heterocycles. The van der Waals surface area contributed by atoms with E-state index in [-0.39, 0.29) is 5.28 Å². The third-order valence-corrected chi connectivity index (χ3v) is 3.77. The monoisotopic (exact) mass is 255 g/mol. The second kappa shape index (κ2) is 3.90. The van der Waals surface area contributed by atoms with Crippen molar-refractivity contribution in [2.24, 2.45) is 11.8 Å². The number of halogens is 2. The summed E-state index contributed by atoms with van der Waals surface area (Å²) in [6.07, 6.45) is 8.51. The first-order chi connectivity index (χ1) is 7.72. The van der Waals surface area contributed by atoms with Crippen LogP contribution in [0.2, 0.25) is 10.3 Å². The Morgan fingerprint density at radius 2 is 2.12 bits per heavy atom. The van der Waals surface area contributed by atoms with Crippen molar-refractivity contribution in [2.75, 3.05) is 5.32 Å². The fourth-order valence-electron chi connectivity index (χ4n) is 2.57. The molecular formula is C11H11Cl2N3. The van der Waals surface area contributed by atoms with E-state index in [1.807, 2.05) is 0 Å². The molecule has 16 heavy (non-hydrogen) atoms. The van der Waals surface area contributed by atoms with Crippen LogP contribution in [0.4, 0.5) is 5.82 Å². The first-order valence-electron chi connectivity index (χ1n) is 5.35. The van der Waals surface area contributed by atoms with Gasteiger partial charge in [-0.2, -0.15) is 4.98 Å². The van der Waals surface area contributed by atoms with Crippen molar-refractivity contribution < 1.29 is 0 Å². The maximum atomic E-state index is 6.01. The topological polar surface area (TPSA) is 37.8 Å². The molecule has 1 fully saturated rings. The fraction of sp³-hybridized carbons (Fsp3) is 0.455. The van der Waals surface area contributed by atoms with Gasteiger partial charge in [0.25, 0.3) is 0 Å². The Balaban J connectivity index is 1.79. The van der Waals surface area contributed by atoms with Crippen molar-refractivity contribution in [3.05, 3.63) is 28.7 Å². The number of hydrogen-bond acceptors (Lipinski definition) is 3. The lowest BCUT2D eigenvalue weighted by Crippen LogP contribution is -2.24. The SMILES string of the molecule is Clc1ncc(Cl)c(NC2CC3C=CC2C3)n1. The number of rotatable bonds is 2. The molecule has 2 aliphatic rings. The summed E-state index contributed by atoms with van der Waals surface area (Å²) in [5.41, 5.74) is 0. The first kappa shape index (κ1) is 10.4. The van der Waals surface area contributed by atoms with Gasteiger partial charge >= 0.3 is 0 Å². The van der Waals surface area contributed by atoms with Crippen molar-refractivity contribution in [1.29, 1.82) is 0 Å². The molecular weight excluding hydrogens is 245 g/mol. The van der Waals surface area contributed by atoms with E-state index >= 15 is 0 Å². The maximum Gasteiger partial charge on any atom is 0.224 e. The van der Waals surface area contributed by atoms with Crippen LogP contribution < -0.4 is 5.32 Å². The standard InChI is InChI=1S/C11H11Cl2N3/c12-8-5-14-11(13)16-10(8)15-9-4-6-1-2-7(9)3-6/h1-2,5-7,9H,3-4H2,(H,14,15,16). The number of aromatic nitrogens is 2. The van der Waals surface area contributed by atoms with E-state index in [0.29, 0.717) is 22.8 Å². The predicted octanol–water partition coefficient (Wildman–Crippen LogP) is 3.16. The predicted molar refractivity (Wildman–Crippen MR) is 64.8 cm³/mol. The lowest BCUT2D eigenvalue weighted by molar-refractivity contribution is 0.612. The van der Waals surface area contributed by atoms with E-state index in [1.54, 1.807) is 0 Å². The van der Waals surface area contributed by atoms with Crippen molar-refractivity contribution >= 4 is 29.0 Å². The molecule has 1 heterocycles. The zero-order valence-electron chi connectivity index (χ0n) is 8.53. The summed E-state index contributed by atoms with van der Waals surface area (Å²) in [6.45, 7) is 0. The van der Waals surface area contributed by atoms with Crippen LogP contribution in [0, 0.1) is 11.8 Å². The van der Waals surface area contributed by atoms with Gasteiger partial charge in [-0.1, -0.05) is 23.8 Å². The molecule has 0 spiro atoms.